The van der Waals surface area contributed by atoms with E-state index in [0.29, 0.717) is 12.6 Å². The minimum Gasteiger partial charge on any atom is -0.487 e. The molecular formula is C22H30N2O2. The summed E-state index contributed by atoms with van der Waals surface area (Å²) in [7, 11) is 4.08. The van der Waals surface area contributed by atoms with Gasteiger partial charge in [0.15, 0.2) is 0 Å². The summed E-state index contributed by atoms with van der Waals surface area (Å²) >= 11 is 0. The molecule has 1 aliphatic rings. The van der Waals surface area contributed by atoms with Gasteiger partial charge in [-0.25, -0.2) is 0 Å². The third kappa shape index (κ3) is 4.02. The number of benzene rings is 2. The Kier molecular flexibility index (Phi) is 5.84. The van der Waals surface area contributed by atoms with Crippen molar-refractivity contribution in [1.29, 1.82) is 0 Å². The third-order valence-corrected chi connectivity index (χ3v) is 4.92. The Balaban J connectivity index is 1.87. The molecule has 3 rings (SSSR count). The van der Waals surface area contributed by atoms with E-state index in [-0.39, 0.29) is 6.04 Å². The van der Waals surface area contributed by atoms with Crippen LogP contribution in [0.2, 0.25) is 0 Å². The van der Waals surface area contributed by atoms with Crippen LogP contribution in [0.4, 0.5) is 5.69 Å². The zero-order valence-electron chi connectivity index (χ0n) is 16.2. The Hall–Kier alpha value is -2.04. The van der Waals surface area contributed by atoms with Gasteiger partial charge in [0.2, 0.25) is 0 Å². The number of hydrogen-bond donors (Lipinski definition) is 2. The van der Waals surface area contributed by atoms with Gasteiger partial charge >= 0.3 is 0 Å². The molecule has 0 radical (unpaired) electrons. The highest BCUT2D eigenvalue weighted by Crippen LogP contribution is 2.41. The fourth-order valence-electron chi connectivity index (χ4n) is 3.79. The van der Waals surface area contributed by atoms with E-state index < -0.39 is 6.10 Å². The van der Waals surface area contributed by atoms with Crippen molar-refractivity contribution in [3.63, 3.8) is 0 Å². The number of fused-ring (bicyclic) bond motifs is 1. The molecule has 2 aromatic rings. The van der Waals surface area contributed by atoms with Gasteiger partial charge in [-0.15, -0.1) is 0 Å². The monoisotopic (exact) mass is 354 g/mol. The molecule has 2 aromatic carbocycles. The highest BCUT2D eigenvalue weighted by atomic mass is 16.5. The van der Waals surface area contributed by atoms with Crippen LogP contribution in [0, 0.1) is 0 Å². The molecule has 2 N–H and O–H groups in total. The molecule has 0 amide bonds. The van der Waals surface area contributed by atoms with E-state index >= 15 is 0 Å². The van der Waals surface area contributed by atoms with Gasteiger partial charge < -0.3 is 20.1 Å². The highest BCUT2D eigenvalue weighted by molar-refractivity contribution is 5.66. The minimum atomic E-state index is -0.483. The lowest BCUT2D eigenvalue weighted by Crippen LogP contribution is -2.42. The van der Waals surface area contributed by atoms with Gasteiger partial charge in [-0.3, -0.25) is 0 Å². The first kappa shape index (κ1) is 18.7. The van der Waals surface area contributed by atoms with E-state index in [9.17, 15) is 5.11 Å². The van der Waals surface area contributed by atoms with Crippen LogP contribution in [-0.4, -0.2) is 31.3 Å². The molecule has 0 fully saturated rings. The maximum absolute atomic E-state index is 10.9. The summed E-state index contributed by atoms with van der Waals surface area (Å²) < 4.78 is 6.14. The van der Waals surface area contributed by atoms with Crippen LogP contribution in [-0.2, 0) is 13.0 Å². The summed E-state index contributed by atoms with van der Waals surface area (Å²) in [5.41, 5.74) is 4.46. The molecule has 0 aromatic heterocycles. The van der Waals surface area contributed by atoms with Gasteiger partial charge in [0, 0.05) is 26.2 Å². The van der Waals surface area contributed by atoms with Gasteiger partial charge in [0.25, 0.3) is 0 Å². The molecule has 4 nitrogen and oxygen atoms in total. The van der Waals surface area contributed by atoms with Crippen molar-refractivity contribution in [2.75, 3.05) is 19.0 Å². The van der Waals surface area contributed by atoms with Crippen LogP contribution in [0.1, 0.15) is 43.1 Å². The van der Waals surface area contributed by atoms with Crippen molar-refractivity contribution in [2.24, 2.45) is 0 Å². The average molecular weight is 354 g/mol. The quantitative estimate of drug-likeness (QED) is 0.831. The molecule has 140 valence electrons. The lowest BCUT2D eigenvalue weighted by molar-refractivity contribution is 0.110. The highest BCUT2D eigenvalue weighted by Gasteiger charge is 2.31. The van der Waals surface area contributed by atoms with Gasteiger partial charge in [-0.2, -0.15) is 0 Å². The summed E-state index contributed by atoms with van der Waals surface area (Å²) in [4.78, 5) is 2.10. The molecule has 0 spiro atoms. The Bertz CT molecular complexity index is 728. The fourth-order valence-corrected chi connectivity index (χ4v) is 3.79. The zero-order valence-corrected chi connectivity index (χ0v) is 16.2. The first-order valence-corrected chi connectivity index (χ1v) is 9.41. The lowest BCUT2D eigenvalue weighted by atomic mass is 9.84. The normalized spacial score (nSPS) is 19.3. The number of aliphatic hydroxyl groups excluding tert-OH is 1. The van der Waals surface area contributed by atoms with Crippen molar-refractivity contribution in [3.05, 3.63) is 59.2 Å². The second kappa shape index (κ2) is 8.11. The van der Waals surface area contributed by atoms with Crippen LogP contribution in [0.3, 0.4) is 0 Å². The van der Waals surface area contributed by atoms with Crippen molar-refractivity contribution in [1.82, 2.24) is 5.32 Å². The molecule has 4 heteroatoms. The number of ether oxygens (including phenoxy) is 1. The Morgan fingerprint density at radius 1 is 1.15 bits per heavy atom. The number of anilines is 1. The van der Waals surface area contributed by atoms with Crippen LogP contribution in [0.5, 0.6) is 5.75 Å². The summed E-state index contributed by atoms with van der Waals surface area (Å²) in [5.74, 6) is 0.875. The maximum atomic E-state index is 10.9. The second-order valence-electron chi connectivity index (χ2n) is 7.56. The SMILES string of the molecule is CC(C)NC1CCc2c(ccc(OCc3ccccc3)c2N(C)C)C1O. The van der Waals surface area contributed by atoms with E-state index in [4.69, 9.17) is 4.74 Å². The molecule has 0 heterocycles. The fraction of sp³-hybridized carbons (Fsp3) is 0.455. The van der Waals surface area contributed by atoms with Gasteiger partial charge in [-0.05, 0) is 35.6 Å². The molecule has 2 unspecified atom stereocenters. The van der Waals surface area contributed by atoms with Crippen LogP contribution in [0.15, 0.2) is 42.5 Å². The molecule has 0 saturated carbocycles. The maximum Gasteiger partial charge on any atom is 0.143 e. The number of nitrogens with one attached hydrogen (secondary N) is 1. The molecular weight excluding hydrogens is 324 g/mol. The molecule has 1 aliphatic carbocycles. The van der Waals surface area contributed by atoms with E-state index in [2.05, 4.69) is 36.2 Å². The number of aliphatic hydroxyl groups is 1. The molecule has 2 atom stereocenters. The number of nitrogens with zero attached hydrogens (tertiary/aromatic N) is 1. The van der Waals surface area contributed by atoms with Crippen molar-refractivity contribution < 1.29 is 9.84 Å². The first-order valence-electron chi connectivity index (χ1n) is 9.41. The van der Waals surface area contributed by atoms with Crippen LogP contribution in [0.25, 0.3) is 0 Å². The molecule has 0 saturated heterocycles. The average Bonchev–Trinajstić information content (AvgIpc) is 2.62. The smallest absolute Gasteiger partial charge is 0.143 e. The Labute approximate surface area is 156 Å². The predicted molar refractivity (Wildman–Crippen MR) is 107 cm³/mol. The van der Waals surface area contributed by atoms with Gasteiger partial charge in [-0.1, -0.05) is 50.2 Å². The summed E-state index contributed by atoms with van der Waals surface area (Å²) in [5, 5.41) is 14.3. The van der Waals surface area contributed by atoms with Crippen molar-refractivity contribution in [3.8, 4) is 5.75 Å². The topological polar surface area (TPSA) is 44.7 Å². The third-order valence-electron chi connectivity index (χ3n) is 4.92. The zero-order chi connectivity index (χ0) is 18.7. The summed E-state index contributed by atoms with van der Waals surface area (Å²) in [6.45, 7) is 4.78. The molecule has 0 bridgehead atoms. The Morgan fingerprint density at radius 2 is 1.88 bits per heavy atom. The van der Waals surface area contributed by atoms with E-state index in [0.717, 1.165) is 35.4 Å². The molecule has 26 heavy (non-hydrogen) atoms. The number of rotatable bonds is 6. The lowest BCUT2D eigenvalue weighted by Gasteiger charge is -2.35. The minimum absolute atomic E-state index is 0.105. The van der Waals surface area contributed by atoms with Crippen LogP contribution >= 0.6 is 0 Å². The van der Waals surface area contributed by atoms with Crippen molar-refractivity contribution >= 4 is 5.69 Å². The first-order chi connectivity index (χ1) is 12.5. The van der Waals surface area contributed by atoms with Gasteiger partial charge in [0.05, 0.1) is 11.8 Å². The van der Waals surface area contributed by atoms with E-state index in [1.54, 1.807) is 0 Å². The van der Waals surface area contributed by atoms with E-state index in [1.165, 1.54) is 5.56 Å². The van der Waals surface area contributed by atoms with Gasteiger partial charge in [0.1, 0.15) is 12.4 Å². The second-order valence-corrected chi connectivity index (χ2v) is 7.56. The largest absolute Gasteiger partial charge is 0.487 e. The van der Waals surface area contributed by atoms with E-state index in [1.807, 2.05) is 44.4 Å². The standard InChI is InChI=1S/C22H30N2O2/c1-15(2)23-19-12-10-17-18(22(19)25)11-13-20(21(17)24(3)4)26-14-16-8-6-5-7-9-16/h5-9,11,13,15,19,22-23,25H,10,12,14H2,1-4H3. The number of hydrogen-bond acceptors (Lipinski definition) is 4. The Morgan fingerprint density at radius 3 is 2.54 bits per heavy atom. The summed E-state index contributed by atoms with van der Waals surface area (Å²) in [6.07, 6.45) is 1.38. The van der Waals surface area contributed by atoms with Crippen molar-refractivity contribution in [2.45, 2.75) is 51.5 Å². The predicted octanol–water partition coefficient (Wildman–Crippen LogP) is 3.68. The summed E-state index contributed by atoms with van der Waals surface area (Å²) in [6, 6.07) is 14.7. The van der Waals surface area contributed by atoms with Crippen LogP contribution < -0.4 is 15.0 Å². The molecule has 0 aliphatic heterocycles.